The molecule has 3 rings (SSSR count). The Labute approximate surface area is 222 Å². The van der Waals surface area contributed by atoms with Gasteiger partial charge in [-0.15, -0.1) is 11.6 Å². The number of nitrogens with one attached hydrogen (secondary N) is 2. The fourth-order valence-electron chi connectivity index (χ4n) is 3.95. The van der Waals surface area contributed by atoms with E-state index in [0.29, 0.717) is 36.3 Å². The summed E-state index contributed by atoms with van der Waals surface area (Å²) in [5, 5.41) is 15.7. The van der Waals surface area contributed by atoms with Gasteiger partial charge in [0.1, 0.15) is 0 Å². The Morgan fingerprint density at radius 3 is 2.35 bits per heavy atom. The van der Waals surface area contributed by atoms with E-state index in [1.54, 1.807) is 6.07 Å². The number of unbranched alkanes of at least 4 members (excludes halogenated alkanes) is 2. The van der Waals surface area contributed by atoms with Crippen molar-refractivity contribution in [2.24, 2.45) is 0 Å². The molecule has 206 valence electrons. The van der Waals surface area contributed by atoms with E-state index in [4.69, 9.17) is 25.2 Å². The number of nitrogens with zero attached hydrogens (tertiary/aromatic N) is 1. The molecular weight excluding hydrogens is 545 g/mol. The number of phosphoric ester groups is 1. The maximum Gasteiger partial charge on any atom is 0.474 e. The lowest BCUT2D eigenvalue weighted by molar-refractivity contribution is -0.383. The third kappa shape index (κ3) is 7.41. The van der Waals surface area contributed by atoms with Gasteiger partial charge in [0, 0.05) is 36.6 Å². The molecule has 1 heterocycles. The minimum atomic E-state index is -4.05. The largest absolute Gasteiger partial charge is 0.474 e. The number of fused-ring (bicyclic) bond motifs is 3. The minimum absolute atomic E-state index is 0.0486. The standard InChI is InChI=1S/C23H33ClN3O8PS/c1-3-5-10-33-36(30,34-11-6-4-2)35-12-9-26-37(31,32)18-7-8-19-20(13-18)22(27(28)29)14-21-23(19)17(15-24)16-25-21/h7-8,13-14,17,25-26H,3-6,9-12,15-16H2,1-2H3. The summed E-state index contributed by atoms with van der Waals surface area (Å²) in [6.07, 6.45) is 3.03. The van der Waals surface area contributed by atoms with E-state index in [1.807, 2.05) is 13.8 Å². The second-order valence-electron chi connectivity index (χ2n) is 8.61. The summed E-state index contributed by atoms with van der Waals surface area (Å²) < 4.78 is 57.1. The molecule has 0 fully saturated rings. The maximum atomic E-state index is 13.0. The summed E-state index contributed by atoms with van der Waals surface area (Å²) in [5.41, 5.74) is 1.26. The second kappa shape index (κ2) is 13.3. The average molecular weight is 578 g/mol. The van der Waals surface area contributed by atoms with E-state index in [-0.39, 0.29) is 48.3 Å². The quantitative estimate of drug-likeness (QED) is 0.0863. The zero-order valence-electron chi connectivity index (χ0n) is 20.9. The summed E-state index contributed by atoms with van der Waals surface area (Å²) in [6, 6.07) is 5.66. The molecule has 2 N–H and O–H groups in total. The maximum absolute atomic E-state index is 13.0. The molecule has 0 saturated heterocycles. The van der Waals surface area contributed by atoms with Crippen LogP contribution in [-0.2, 0) is 28.2 Å². The SMILES string of the molecule is CCCCOP(=O)(OCCCC)OCCNS(=O)(=O)c1ccc2c3c(cc([N+](=O)[O-])c2c1)NCC3CCl. The van der Waals surface area contributed by atoms with E-state index < -0.39 is 22.8 Å². The van der Waals surface area contributed by atoms with Gasteiger partial charge in [-0.2, -0.15) is 0 Å². The van der Waals surface area contributed by atoms with Gasteiger partial charge in [0.25, 0.3) is 5.69 Å². The summed E-state index contributed by atoms with van der Waals surface area (Å²) in [5.74, 6) is 0.273. The van der Waals surface area contributed by atoms with Crippen LogP contribution in [0.15, 0.2) is 29.2 Å². The van der Waals surface area contributed by atoms with Crippen LogP contribution in [0, 0.1) is 10.1 Å². The topological polar surface area (TPSA) is 146 Å². The molecule has 2 aromatic rings. The van der Waals surface area contributed by atoms with Crippen LogP contribution in [0.4, 0.5) is 11.4 Å². The molecule has 1 atom stereocenters. The van der Waals surface area contributed by atoms with Gasteiger partial charge in [-0.25, -0.2) is 17.7 Å². The van der Waals surface area contributed by atoms with Crippen molar-refractivity contribution >= 4 is 51.6 Å². The molecule has 37 heavy (non-hydrogen) atoms. The normalized spacial score (nSPS) is 15.6. The summed E-state index contributed by atoms with van der Waals surface area (Å²) in [4.78, 5) is 11.1. The first-order chi connectivity index (χ1) is 17.7. The Morgan fingerprint density at radius 1 is 1.11 bits per heavy atom. The Hall–Kier alpha value is -1.79. The summed E-state index contributed by atoms with van der Waals surface area (Å²) in [7, 11) is -7.88. The van der Waals surface area contributed by atoms with Gasteiger partial charge in [-0.1, -0.05) is 32.8 Å². The van der Waals surface area contributed by atoms with Crippen LogP contribution in [0.2, 0.25) is 0 Å². The van der Waals surface area contributed by atoms with Gasteiger partial charge in [0.05, 0.1) is 35.0 Å². The third-order valence-electron chi connectivity index (χ3n) is 5.91. The summed E-state index contributed by atoms with van der Waals surface area (Å²) >= 11 is 6.09. The number of halogens is 1. The molecule has 0 bridgehead atoms. The first-order valence-electron chi connectivity index (χ1n) is 12.2. The number of benzene rings is 2. The molecule has 0 amide bonds. The molecule has 11 nitrogen and oxygen atoms in total. The van der Waals surface area contributed by atoms with Crippen molar-refractivity contribution in [3.63, 3.8) is 0 Å². The molecule has 1 unspecified atom stereocenters. The van der Waals surface area contributed by atoms with Gasteiger partial charge < -0.3 is 5.32 Å². The fourth-order valence-corrected chi connectivity index (χ4v) is 6.49. The Kier molecular flexibility index (Phi) is 10.7. The highest BCUT2D eigenvalue weighted by Crippen LogP contribution is 2.49. The van der Waals surface area contributed by atoms with Crippen LogP contribution < -0.4 is 10.0 Å². The zero-order chi connectivity index (χ0) is 27.1. The van der Waals surface area contributed by atoms with Crippen molar-refractivity contribution in [2.75, 3.05) is 44.1 Å². The number of hydrogen-bond donors (Lipinski definition) is 2. The molecular formula is C23H33ClN3O8PS. The molecule has 1 aliphatic heterocycles. The van der Waals surface area contributed by atoms with Gasteiger partial charge in [0.2, 0.25) is 10.0 Å². The van der Waals surface area contributed by atoms with E-state index >= 15 is 0 Å². The van der Waals surface area contributed by atoms with Gasteiger partial charge >= 0.3 is 7.82 Å². The number of nitro groups is 1. The lowest BCUT2D eigenvalue weighted by Crippen LogP contribution is -2.27. The molecule has 0 spiro atoms. The Balaban J connectivity index is 1.75. The highest BCUT2D eigenvalue weighted by atomic mass is 35.5. The number of nitro benzene ring substituents is 1. The first kappa shape index (κ1) is 29.8. The number of non-ortho nitro benzene ring substituents is 1. The highest BCUT2D eigenvalue weighted by molar-refractivity contribution is 7.89. The number of hydrogen-bond acceptors (Lipinski definition) is 9. The highest BCUT2D eigenvalue weighted by Gasteiger charge is 2.30. The first-order valence-corrected chi connectivity index (χ1v) is 15.7. The van der Waals surface area contributed by atoms with Crippen LogP contribution in [0.25, 0.3) is 10.8 Å². The average Bonchev–Trinajstić information content (AvgIpc) is 3.29. The van der Waals surface area contributed by atoms with Crippen molar-refractivity contribution in [3.05, 3.63) is 39.9 Å². The lowest BCUT2D eigenvalue weighted by atomic mass is 9.95. The van der Waals surface area contributed by atoms with Gasteiger partial charge in [0.15, 0.2) is 0 Å². The number of rotatable bonds is 16. The fraction of sp³-hybridized carbons (Fsp3) is 0.565. The second-order valence-corrected chi connectivity index (χ2v) is 12.3. The van der Waals surface area contributed by atoms with Crippen molar-refractivity contribution in [2.45, 2.75) is 50.3 Å². The number of phosphoric acid groups is 1. The molecule has 1 aliphatic rings. The van der Waals surface area contributed by atoms with Crippen LogP contribution in [0.3, 0.4) is 0 Å². The van der Waals surface area contributed by atoms with Crippen LogP contribution in [-0.4, -0.2) is 52.1 Å². The molecule has 0 aromatic heterocycles. The number of anilines is 1. The predicted octanol–water partition coefficient (Wildman–Crippen LogP) is 5.53. The van der Waals surface area contributed by atoms with Crippen molar-refractivity contribution in [3.8, 4) is 0 Å². The van der Waals surface area contributed by atoms with Gasteiger partial charge in [-0.05, 0) is 35.9 Å². The molecule has 0 aliphatic carbocycles. The van der Waals surface area contributed by atoms with Crippen molar-refractivity contribution in [1.29, 1.82) is 0 Å². The minimum Gasteiger partial charge on any atom is -0.384 e. The Morgan fingerprint density at radius 2 is 1.76 bits per heavy atom. The number of alkyl halides is 1. The van der Waals surface area contributed by atoms with Crippen LogP contribution >= 0.6 is 19.4 Å². The van der Waals surface area contributed by atoms with E-state index in [2.05, 4.69) is 10.0 Å². The van der Waals surface area contributed by atoms with E-state index in [1.165, 1.54) is 18.2 Å². The van der Waals surface area contributed by atoms with Crippen molar-refractivity contribution < 1.29 is 31.5 Å². The van der Waals surface area contributed by atoms with E-state index in [0.717, 1.165) is 18.4 Å². The van der Waals surface area contributed by atoms with Crippen LogP contribution in [0.5, 0.6) is 0 Å². The molecule has 2 aromatic carbocycles. The summed E-state index contributed by atoms with van der Waals surface area (Å²) in [6.45, 7) is 4.41. The lowest BCUT2D eigenvalue weighted by Gasteiger charge is -2.18. The molecule has 0 radical (unpaired) electrons. The van der Waals surface area contributed by atoms with Crippen LogP contribution in [0.1, 0.15) is 51.0 Å². The zero-order valence-corrected chi connectivity index (χ0v) is 23.4. The predicted molar refractivity (Wildman–Crippen MR) is 143 cm³/mol. The monoisotopic (exact) mass is 577 g/mol. The number of sulfonamides is 1. The van der Waals surface area contributed by atoms with E-state index in [9.17, 15) is 23.1 Å². The third-order valence-corrected chi connectivity index (χ3v) is 9.23. The van der Waals surface area contributed by atoms with Crippen molar-refractivity contribution in [1.82, 2.24) is 4.72 Å². The smallest absolute Gasteiger partial charge is 0.384 e. The molecule has 14 heteroatoms. The Bertz CT molecular complexity index is 1250. The molecule has 0 saturated carbocycles. The van der Waals surface area contributed by atoms with Gasteiger partial charge in [-0.3, -0.25) is 23.7 Å².